The monoisotopic (exact) mass is 308 g/mol. The summed E-state index contributed by atoms with van der Waals surface area (Å²) in [5.41, 5.74) is 1.82. The Morgan fingerprint density at radius 3 is 2.48 bits per heavy atom. The summed E-state index contributed by atoms with van der Waals surface area (Å²) in [5, 5.41) is 9.31. The highest BCUT2D eigenvalue weighted by Crippen LogP contribution is 2.28. The largest absolute Gasteiger partial charge is 0.478 e. The maximum absolute atomic E-state index is 10.5. The third-order valence-corrected chi connectivity index (χ3v) is 4.08. The van der Waals surface area contributed by atoms with Gasteiger partial charge in [0.1, 0.15) is 0 Å². The van der Waals surface area contributed by atoms with Gasteiger partial charge in [0.05, 0.1) is 10.7 Å². The van der Waals surface area contributed by atoms with Crippen LogP contribution in [0.4, 0.5) is 5.69 Å². The average Bonchev–Trinajstić information content (AvgIpc) is 2.45. The number of benzene rings is 1. The molecule has 4 nitrogen and oxygen atoms in total. The van der Waals surface area contributed by atoms with Crippen molar-refractivity contribution in [2.24, 2.45) is 0 Å². The van der Waals surface area contributed by atoms with Crippen molar-refractivity contribution < 1.29 is 9.90 Å². The Morgan fingerprint density at radius 2 is 1.95 bits per heavy atom. The molecule has 1 saturated heterocycles. The fraction of sp³-hybridized carbons (Fsp3) is 0.438. The molecule has 5 heteroatoms. The fourth-order valence-electron chi connectivity index (χ4n) is 2.53. The minimum absolute atomic E-state index is 0.575. The highest BCUT2D eigenvalue weighted by molar-refractivity contribution is 6.33. The number of carboxylic acids is 1. The van der Waals surface area contributed by atoms with Gasteiger partial charge in [-0.2, -0.15) is 0 Å². The molecule has 0 aromatic heterocycles. The normalized spacial score (nSPS) is 16.9. The Labute approximate surface area is 130 Å². The summed E-state index contributed by atoms with van der Waals surface area (Å²) < 4.78 is 0. The first-order valence-electron chi connectivity index (χ1n) is 7.17. The Bertz CT molecular complexity index is 535. The summed E-state index contributed by atoms with van der Waals surface area (Å²) in [5.74, 6) is -0.958. The van der Waals surface area contributed by atoms with E-state index >= 15 is 0 Å². The number of halogens is 1. The molecule has 0 radical (unpaired) electrons. The van der Waals surface area contributed by atoms with Gasteiger partial charge in [-0.1, -0.05) is 17.7 Å². The molecule has 1 aromatic rings. The van der Waals surface area contributed by atoms with E-state index in [2.05, 4.69) is 23.6 Å². The molecule has 0 unspecified atom stereocenters. The number of hydrogen-bond acceptors (Lipinski definition) is 3. The zero-order valence-electron chi connectivity index (χ0n) is 12.4. The predicted molar refractivity (Wildman–Crippen MR) is 87.0 cm³/mol. The number of nitrogens with zero attached hydrogens (tertiary/aromatic N) is 2. The van der Waals surface area contributed by atoms with Crippen molar-refractivity contribution in [3.05, 3.63) is 34.9 Å². The quantitative estimate of drug-likeness (QED) is 0.869. The van der Waals surface area contributed by atoms with Crippen LogP contribution >= 0.6 is 11.6 Å². The van der Waals surface area contributed by atoms with E-state index in [1.54, 1.807) is 6.08 Å². The molecule has 1 fully saturated rings. The van der Waals surface area contributed by atoms with Gasteiger partial charge in [-0.05, 0) is 37.6 Å². The van der Waals surface area contributed by atoms with E-state index in [0.717, 1.165) is 43.5 Å². The van der Waals surface area contributed by atoms with Gasteiger partial charge in [-0.25, -0.2) is 4.79 Å². The van der Waals surface area contributed by atoms with Gasteiger partial charge in [0.25, 0.3) is 0 Å². The van der Waals surface area contributed by atoms with E-state index in [4.69, 9.17) is 16.7 Å². The van der Waals surface area contributed by atoms with Crippen molar-refractivity contribution in [1.82, 2.24) is 4.90 Å². The molecule has 114 valence electrons. The first-order chi connectivity index (χ1) is 9.97. The Kier molecular flexibility index (Phi) is 5.26. The van der Waals surface area contributed by atoms with Crippen LogP contribution in [0.1, 0.15) is 19.4 Å². The van der Waals surface area contributed by atoms with Gasteiger partial charge < -0.3 is 10.0 Å². The number of aliphatic carboxylic acids is 1. The first kappa shape index (κ1) is 15.9. The Morgan fingerprint density at radius 1 is 1.29 bits per heavy atom. The predicted octanol–water partition coefficient (Wildman–Crippen LogP) is 2.97. The second-order valence-corrected chi connectivity index (χ2v) is 5.91. The molecule has 0 aliphatic carbocycles. The highest BCUT2D eigenvalue weighted by atomic mass is 35.5. The smallest absolute Gasteiger partial charge is 0.328 e. The van der Waals surface area contributed by atoms with Crippen molar-refractivity contribution >= 4 is 29.3 Å². The van der Waals surface area contributed by atoms with Crippen LogP contribution in [0.2, 0.25) is 5.02 Å². The van der Waals surface area contributed by atoms with Crippen LogP contribution in [0.25, 0.3) is 6.08 Å². The number of carboxylic acid groups (broad SMARTS) is 1. The minimum Gasteiger partial charge on any atom is -0.478 e. The van der Waals surface area contributed by atoms with E-state index in [1.165, 1.54) is 0 Å². The molecule has 0 atom stereocenters. The molecule has 1 aromatic carbocycles. The van der Waals surface area contributed by atoms with Crippen LogP contribution in [-0.4, -0.2) is 48.2 Å². The van der Waals surface area contributed by atoms with E-state index in [-0.39, 0.29) is 0 Å². The van der Waals surface area contributed by atoms with Gasteiger partial charge >= 0.3 is 5.97 Å². The van der Waals surface area contributed by atoms with Crippen LogP contribution in [0.5, 0.6) is 0 Å². The second kappa shape index (κ2) is 6.96. The second-order valence-electron chi connectivity index (χ2n) is 5.50. The van der Waals surface area contributed by atoms with Crippen molar-refractivity contribution in [2.75, 3.05) is 31.1 Å². The van der Waals surface area contributed by atoms with E-state index in [0.29, 0.717) is 11.1 Å². The lowest BCUT2D eigenvalue weighted by atomic mass is 10.1. The Hall–Kier alpha value is -1.52. The summed E-state index contributed by atoms with van der Waals surface area (Å²) in [6.45, 7) is 8.42. The molecule has 1 aliphatic heterocycles. The summed E-state index contributed by atoms with van der Waals surface area (Å²) in [7, 11) is 0. The molecule has 1 heterocycles. The van der Waals surface area contributed by atoms with Gasteiger partial charge in [-0.3, -0.25) is 4.90 Å². The molecule has 0 amide bonds. The molecule has 0 saturated carbocycles. The number of rotatable bonds is 4. The maximum atomic E-state index is 10.5. The van der Waals surface area contributed by atoms with Gasteiger partial charge in [0.15, 0.2) is 0 Å². The lowest BCUT2D eigenvalue weighted by molar-refractivity contribution is -0.131. The van der Waals surface area contributed by atoms with E-state index < -0.39 is 5.97 Å². The molecule has 0 bridgehead atoms. The van der Waals surface area contributed by atoms with Crippen molar-refractivity contribution in [2.45, 2.75) is 19.9 Å². The summed E-state index contributed by atoms with van der Waals surface area (Å²) in [4.78, 5) is 15.3. The first-order valence-corrected chi connectivity index (χ1v) is 7.54. The van der Waals surface area contributed by atoms with Crippen LogP contribution in [0, 0.1) is 0 Å². The number of carbonyl (C=O) groups is 1. The fourth-order valence-corrected chi connectivity index (χ4v) is 2.84. The van der Waals surface area contributed by atoms with Crippen molar-refractivity contribution in [1.29, 1.82) is 0 Å². The summed E-state index contributed by atoms with van der Waals surface area (Å²) >= 11 is 6.34. The standard InChI is InChI=1S/C16H21ClN2O2/c1-12(2)18-7-9-19(10-8-18)15-5-3-13(11-14(15)17)4-6-16(20)21/h3-6,11-12H,7-10H2,1-2H3,(H,20,21)/b6-4+. The third-order valence-electron chi connectivity index (χ3n) is 3.78. The zero-order valence-corrected chi connectivity index (χ0v) is 13.2. The Balaban J connectivity index is 2.06. The zero-order chi connectivity index (χ0) is 15.4. The molecule has 2 rings (SSSR count). The summed E-state index contributed by atoms with van der Waals surface area (Å²) in [6.07, 6.45) is 2.67. The average molecular weight is 309 g/mol. The number of hydrogen-bond donors (Lipinski definition) is 1. The number of anilines is 1. The van der Waals surface area contributed by atoms with Crippen molar-refractivity contribution in [3.63, 3.8) is 0 Å². The third kappa shape index (κ3) is 4.22. The summed E-state index contributed by atoms with van der Waals surface area (Å²) in [6, 6.07) is 6.25. The molecule has 0 spiro atoms. The topological polar surface area (TPSA) is 43.8 Å². The van der Waals surface area contributed by atoms with E-state index in [1.807, 2.05) is 18.2 Å². The van der Waals surface area contributed by atoms with Crippen molar-refractivity contribution in [3.8, 4) is 0 Å². The van der Waals surface area contributed by atoms with Gasteiger partial charge in [0.2, 0.25) is 0 Å². The highest BCUT2D eigenvalue weighted by Gasteiger charge is 2.20. The molecular weight excluding hydrogens is 288 g/mol. The SMILES string of the molecule is CC(C)N1CCN(c2ccc(/C=C/C(=O)O)cc2Cl)CC1. The lowest BCUT2D eigenvalue weighted by Crippen LogP contribution is -2.49. The van der Waals surface area contributed by atoms with Gasteiger partial charge in [-0.15, -0.1) is 0 Å². The van der Waals surface area contributed by atoms with Gasteiger partial charge in [0, 0.05) is 38.3 Å². The molecule has 1 N–H and O–H groups in total. The van der Waals surface area contributed by atoms with Crippen LogP contribution in [0.15, 0.2) is 24.3 Å². The van der Waals surface area contributed by atoms with Crippen LogP contribution in [0.3, 0.4) is 0 Å². The molecule has 21 heavy (non-hydrogen) atoms. The van der Waals surface area contributed by atoms with Crippen LogP contribution < -0.4 is 4.90 Å². The lowest BCUT2D eigenvalue weighted by Gasteiger charge is -2.38. The molecular formula is C16H21ClN2O2. The number of piperazine rings is 1. The molecule has 1 aliphatic rings. The van der Waals surface area contributed by atoms with Crippen LogP contribution in [-0.2, 0) is 4.79 Å². The minimum atomic E-state index is -0.958. The van der Waals surface area contributed by atoms with E-state index in [9.17, 15) is 4.79 Å². The maximum Gasteiger partial charge on any atom is 0.328 e.